The number of carbonyl (C=O) groups excluding carboxylic acids is 2. The molecule has 0 atom stereocenters. The molecule has 2 N–H and O–H groups in total. The van der Waals surface area contributed by atoms with E-state index in [0.29, 0.717) is 22.9 Å². The van der Waals surface area contributed by atoms with Crippen molar-refractivity contribution < 1.29 is 14.3 Å². The van der Waals surface area contributed by atoms with E-state index in [1.165, 1.54) is 0 Å². The molecule has 3 aromatic rings. The van der Waals surface area contributed by atoms with Crippen LogP contribution in [0.1, 0.15) is 27.8 Å². The first kappa shape index (κ1) is 19.4. The maximum absolute atomic E-state index is 12.3. The molecule has 1 aromatic heterocycles. The summed E-state index contributed by atoms with van der Waals surface area (Å²) in [6.45, 7) is 2.06. The minimum atomic E-state index is -0.398. The molecule has 1 amide bonds. The van der Waals surface area contributed by atoms with Crippen LogP contribution < -0.4 is 10.6 Å². The molecule has 142 valence electrons. The van der Waals surface area contributed by atoms with Crippen molar-refractivity contribution in [1.29, 1.82) is 0 Å². The van der Waals surface area contributed by atoms with Crippen LogP contribution in [0.5, 0.6) is 0 Å². The van der Waals surface area contributed by atoms with Crippen LogP contribution in [0.4, 0.5) is 17.1 Å². The predicted octanol–water partition coefficient (Wildman–Crippen LogP) is 4.91. The molecule has 28 heavy (non-hydrogen) atoms. The number of amides is 1. The lowest BCUT2D eigenvalue weighted by molar-refractivity contribution is 0.0526. The average Bonchev–Trinajstić information content (AvgIpc) is 2.69. The molecule has 3 rings (SSSR count). The van der Waals surface area contributed by atoms with Gasteiger partial charge in [0, 0.05) is 16.4 Å². The van der Waals surface area contributed by atoms with Crippen molar-refractivity contribution in [3.05, 3.63) is 83.1 Å². The Morgan fingerprint density at radius 3 is 2.39 bits per heavy atom. The van der Waals surface area contributed by atoms with Crippen molar-refractivity contribution in [2.75, 3.05) is 17.2 Å². The fourth-order valence-corrected chi connectivity index (χ4v) is 2.62. The summed E-state index contributed by atoms with van der Waals surface area (Å²) in [6, 6.07) is 17.2. The van der Waals surface area contributed by atoms with Gasteiger partial charge in [0.1, 0.15) is 5.69 Å². The highest BCUT2D eigenvalue weighted by atomic mass is 35.5. The number of pyridine rings is 1. The standard InChI is InChI=1S/C21H18ClN3O3/c1-2-28-21(27)14-6-8-16(9-7-14)25-20(26)19-11-10-18(13-23-19)24-17-5-3-4-15(22)12-17/h3-13,24H,2H2,1H3,(H,25,26). The second-order valence-electron chi connectivity index (χ2n) is 5.82. The van der Waals surface area contributed by atoms with E-state index >= 15 is 0 Å². The molecule has 1 heterocycles. The first-order valence-electron chi connectivity index (χ1n) is 8.62. The third-order valence-electron chi connectivity index (χ3n) is 3.76. The van der Waals surface area contributed by atoms with Gasteiger partial charge in [-0.15, -0.1) is 0 Å². The highest BCUT2D eigenvalue weighted by Crippen LogP contribution is 2.20. The molecule has 2 aromatic carbocycles. The molecule has 0 unspecified atom stereocenters. The third-order valence-corrected chi connectivity index (χ3v) is 4.00. The normalized spacial score (nSPS) is 10.2. The molecule has 0 saturated heterocycles. The first-order valence-corrected chi connectivity index (χ1v) is 9.00. The second kappa shape index (κ2) is 9.01. The van der Waals surface area contributed by atoms with Crippen molar-refractivity contribution in [1.82, 2.24) is 4.98 Å². The Labute approximate surface area is 167 Å². The van der Waals surface area contributed by atoms with Crippen molar-refractivity contribution >= 4 is 40.5 Å². The zero-order valence-electron chi connectivity index (χ0n) is 15.1. The van der Waals surface area contributed by atoms with E-state index in [2.05, 4.69) is 15.6 Å². The molecule has 0 fully saturated rings. The van der Waals surface area contributed by atoms with Crippen molar-refractivity contribution in [2.24, 2.45) is 0 Å². The van der Waals surface area contributed by atoms with Crippen LogP contribution in [0.25, 0.3) is 0 Å². The number of hydrogen-bond donors (Lipinski definition) is 2. The van der Waals surface area contributed by atoms with Crippen molar-refractivity contribution in [3.63, 3.8) is 0 Å². The number of ether oxygens (including phenoxy) is 1. The average molecular weight is 396 g/mol. The lowest BCUT2D eigenvalue weighted by atomic mass is 10.2. The molecular weight excluding hydrogens is 378 g/mol. The van der Waals surface area contributed by atoms with Gasteiger partial charge < -0.3 is 15.4 Å². The molecule has 0 aliphatic carbocycles. The maximum atomic E-state index is 12.3. The molecule has 0 radical (unpaired) electrons. The van der Waals surface area contributed by atoms with E-state index in [9.17, 15) is 9.59 Å². The minimum absolute atomic E-state index is 0.270. The number of hydrogen-bond acceptors (Lipinski definition) is 5. The number of anilines is 3. The Bertz CT molecular complexity index is 973. The van der Waals surface area contributed by atoms with Crippen LogP contribution in [-0.2, 0) is 4.74 Å². The summed E-state index contributed by atoms with van der Waals surface area (Å²) in [5.41, 5.74) is 2.81. The van der Waals surface area contributed by atoms with Crippen LogP contribution in [0.15, 0.2) is 66.9 Å². The Morgan fingerprint density at radius 1 is 1.00 bits per heavy atom. The Kier molecular flexibility index (Phi) is 6.24. The number of halogens is 1. The molecular formula is C21H18ClN3O3. The van der Waals surface area contributed by atoms with Gasteiger partial charge in [0.05, 0.1) is 24.1 Å². The van der Waals surface area contributed by atoms with Gasteiger partial charge in [0.2, 0.25) is 0 Å². The summed E-state index contributed by atoms with van der Waals surface area (Å²) < 4.78 is 4.93. The summed E-state index contributed by atoms with van der Waals surface area (Å²) in [7, 11) is 0. The summed E-state index contributed by atoms with van der Waals surface area (Å²) in [5, 5.41) is 6.53. The molecule has 7 heteroatoms. The van der Waals surface area contributed by atoms with E-state index in [1.54, 1.807) is 61.7 Å². The van der Waals surface area contributed by atoms with Gasteiger partial charge >= 0.3 is 5.97 Å². The summed E-state index contributed by atoms with van der Waals surface area (Å²) in [5.74, 6) is -0.747. The van der Waals surface area contributed by atoms with Gasteiger partial charge in [-0.25, -0.2) is 9.78 Å². The first-order chi connectivity index (χ1) is 13.5. The molecule has 0 aliphatic heterocycles. The van der Waals surface area contributed by atoms with Crippen LogP contribution in [0.2, 0.25) is 5.02 Å². The topological polar surface area (TPSA) is 80.3 Å². The van der Waals surface area contributed by atoms with E-state index in [1.807, 2.05) is 12.1 Å². The van der Waals surface area contributed by atoms with E-state index < -0.39 is 5.97 Å². The molecule has 0 saturated carbocycles. The third kappa shape index (κ3) is 5.08. The van der Waals surface area contributed by atoms with Crippen LogP contribution in [-0.4, -0.2) is 23.5 Å². The minimum Gasteiger partial charge on any atom is -0.462 e. The van der Waals surface area contributed by atoms with Gasteiger partial charge in [0.25, 0.3) is 5.91 Å². The fraction of sp³-hybridized carbons (Fsp3) is 0.0952. The second-order valence-corrected chi connectivity index (χ2v) is 6.26. The SMILES string of the molecule is CCOC(=O)c1ccc(NC(=O)c2ccc(Nc3cccc(Cl)c3)cn2)cc1. The summed E-state index contributed by atoms with van der Waals surface area (Å²) >= 11 is 5.96. The van der Waals surface area contributed by atoms with E-state index in [0.717, 1.165) is 11.4 Å². The van der Waals surface area contributed by atoms with Gasteiger partial charge in [0.15, 0.2) is 0 Å². The zero-order chi connectivity index (χ0) is 19.9. The summed E-state index contributed by atoms with van der Waals surface area (Å²) in [4.78, 5) is 28.2. The number of esters is 1. The lowest BCUT2D eigenvalue weighted by Gasteiger charge is -2.08. The number of carbonyl (C=O) groups is 2. The molecule has 0 aliphatic rings. The fourth-order valence-electron chi connectivity index (χ4n) is 2.43. The number of nitrogens with zero attached hydrogens (tertiary/aromatic N) is 1. The van der Waals surface area contributed by atoms with E-state index in [4.69, 9.17) is 16.3 Å². The Hall–Kier alpha value is -3.38. The monoisotopic (exact) mass is 395 g/mol. The molecule has 0 spiro atoms. The number of benzene rings is 2. The highest BCUT2D eigenvalue weighted by Gasteiger charge is 2.10. The Morgan fingerprint density at radius 2 is 1.75 bits per heavy atom. The number of rotatable bonds is 6. The summed E-state index contributed by atoms with van der Waals surface area (Å²) in [6.07, 6.45) is 1.57. The van der Waals surface area contributed by atoms with Crippen LogP contribution in [0, 0.1) is 0 Å². The van der Waals surface area contributed by atoms with Gasteiger partial charge in [-0.05, 0) is 61.5 Å². The van der Waals surface area contributed by atoms with Gasteiger partial charge in [-0.1, -0.05) is 17.7 Å². The van der Waals surface area contributed by atoms with Crippen LogP contribution in [0.3, 0.4) is 0 Å². The van der Waals surface area contributed by atoms with Crippen LogP contribution >= 0.6 is 11.6 Å². The molecule has 6 nitrogen and oxygen atoms in total. The largest absolute Gasteiger partial charge is 0.462 e. The van der Waals surface area contributed by atoms with Gasteiger partial charge in [-0.2, -0.15) is 0 Å². The lowest BCUT2D eigenvalue weighted by Crippen LogP contribution is -2.14. The zero-order valence-corrected chi connectivity index (χ0v) is 15.9. The smallest absolute Gasteiger partial charge is 0.338 e. The van der Waals surface area contributed by atoms with E-state index in [-0.39, 0.29) is 11.6 Å². The van der Waals surface area contributed by atoms with Crippen molar-refractivity contribution in [3.8, 4) is 0 Å². The number of nitrogens with one attached hydrogen (secondary N) is 2. The predicted molar refractivity (Wildman–Crippen MR) is 109 cm³/mol. The van der Waals surface area contributed by atoms with Gasteiger partial charge in [-0.3, -0.25) is 4.79 Å². The quantitative estimate of drug-likeness (QED) is 0.580. The molecule has 0 bridgehead atoms. The Balaban J connectivity index is 1.62. The number of aromatic nitrogens is 1. The maximum Gasteiger partial charge on any atom is 0.338 e. The van der Waals surface area contributed by atoms with Crippen molar-refractivity contribution in [2.45, 2.75) is 6.92 Å². The highest BCUT2D eigenvalue weighted by molar-refractivity contribution is 6.30.